The molecule has 0 aromatic carbocycles. The van der Waals surface area contributed by atoms with E-state index in [1.165, 1.54) is 0 Å². The van der Waals surface area contributed by atoms with Gasteiger partial charge in [0, 0.05) is 18.8 Å². The molecule has 1 rings (SSSR count). The lowest BCUT2D eigenvalue weighted by atomic mass is 10.4. The van der Waals surface area contributed by atoms with Crippen molar-refractivity contribution in [1.82, 2.24) is 15.1 Å². The molecule has 0 saturated heterocycles. The maximum absolute atomic E-state index is 11.8. The Bertz CT molecular complexity index is 363. The molecule has 6 heteroatoms. The van der Waals surface area contributed by atoms with Crippen LogP contribution in [0, 0.1) is 13.8 Å². The normalized spacial score (nSPS) is 10.8. The maximum Gasteiger partial charge on any atom is 0.315 e. The van der Waals surface area contributed by atoms with Crippen molar-refractivity contribution in [1.29, 1.82) is 0 Å². The van der Waals surface area contributed by atoms with Crippen molar-refractivity contribution in [3.8, 4) is 0 Å². The van der Waals surface area contributed by atoms with Gasteiger partial charge in [0.15, 0.2) is 0 Å². The lowest BCUT2D eigenvalue weighted by molar-refractivity contribution is -0.131. The van der Waals surface area contributed by atoms with Gasteiger partial charge in [-0.1, -0.05) is 0 Å². The molecule has 1 aromatic rings. The maximum atomic E-state index is 11.8. The third-order valence-corrected chi connectivity index (χ3v) is 2.15. The summed E-state index contributed by atoms with van der Waals surface area (Å²) in [5.41, 5.74) is 1.95. The average Bonchev–Trinajstić information content (AvgIpc) is 2.51. The number of amides is 1. The number of halogens is 2. The first-order valence-corrected chi connectivity index (χ1v) is 5.07. The summed E-state index contributed by atoms with van der Waals surface area (Å²) < 4.78 is 25.4. The number of aryl methyl sites for hydroxylation is 3. The number of carbonyl (C=O) groups excluding carboxylic acids is 1. The molecule has 0 spiro atoms. The Morgan fingerprint density at radius 2 is 2.25 bits per heavy atom. The van der Waals surface area contributed by atoms with Gasteiger partial charge in [0.25, 0.3) is 5.91 Å². The Morgan fingerprint density at radius 3 is 2.75 bits per heavy atom. The van der Waals surface area contributed by atoms with E-state index in [0.29, 0.717) is 13.0 Å². The molecule has 4 nitrogen and oxygen atoms in total. The monoisotopic (exact) mass is 231 g/mol. The van der Waals surface area contributed by atoms with Crippen molar-refractivity contribution in [2.45, 2.75) is 33.2 Å². The van der Waals surface area contributed by atoms with Gasteiger partial charge in [0.2, 0.25) is 0 Å². The topological polar surface area (TPSA) is 46.9 Å². The van der Waals surface area contributed by atoms with Crippen LogP contribution in [0.15, 0.2) is 6.07 Å². The molecule has 16 heavy (non-hydrogen) atoms. The minimum atomic E-state index is -2.94. The largest absolute Gasteiger partial charge is 0.351 e. The minimum Gasteiger partial charge on any atom is -0.351 e. The molecule has 1 heterocycles. The third kappa shape index (κ3) is 3.60. The summed E-state index contributed by atoms with van der Waals surface area (Å²) >= 11 is 0. The van der Waals surface area contributed by atoms with E-state index in [1.807, 2.05) is 19.9 Å². The number of carbonyl (C=O) groups is 1. The second-order valence-electron chi connectivity index (χ2n) is 3.60. The second kappa shape index (κ2) is 5.58. The molecule has 0 bridgehead atoms. The van der Waals surface area contributed by atoms with Gasteiger partial charge < -0.3 is 5.32 Å². The van der Waals surface area contributed by atoms with Gasteiger partial charge in [-0.05, 0) is 26.3 Å². The SMILES string of the molecule is Cc1cc(C)n(CCCNC(=O)C(F)F)n1. The van der Waals surface area contributed by atoms with Crippen molar-refractivity contribution in [2.24, 2.45) is 0 Å². The zero-order valence-electron chi connectivity index (χ0n) is 9.33. The van der Waals surface area contributed by atoms with E-state index in [0.717, 1.165) is 11.4 Å². The predicted octanol–water partition coefficient (Wildman–Crippen LogP) is 1.27. The van der Waals surface area contributed by atoms with Crippen LogP contribution in [0.1, 0.15) is 17.8 Å². The summed E-state index contributed by atoms with van der Waals surface area (Å²) in [4.78, 5) is 10.5. The standard InChI is InChI=1S/C10H15F2N3O/c1-7-6-8(2)15(14-7)5-3-4-13-10(16)9(11)12/h6,9H,3-5H2,1-2H3,(H,13,16). The number of nitrogens with one attached hydrogen (secondary N) is 1. The summed E-state index contributed by atoms with van der Waals surface area (Å²) in [6.07, 6.45) is -2.35. The van der Waals surface area contributed by atoms with Crippen LogP contribution in [0.25, 0.3) is 0 Å². The van der Waals surface area contributed by atoms with Crippen molar-refractivity contribution < 1.29 is 13.6 Å². The molecule has 1 N–H and O–H groups in total. The molecular weight excluding hydrogens is 216 g/mol. The van der Waals surface area contributed by atoms with Gasteiger partial charge in [-0.3, -0.25) is 9.48 Å². The van der Waals surface area contributed by atoms with E-state index >= 15 is 0 Å². The zero-order valence-corrected chi connectivity index (χ0v) is 9.33. The highest BCUT2D eigenvalue weighted by atomic mass is 19.3. The van der Waals surface area contributed by atoms with Crippen LogP contribution in [0.4, 0.5) is 8.78 Å². The molecule has 0 aliphatic heterocycles. The second-order valence-corrected chi connectivity index (χ2v) is 3.60. The molecular formula is C10H15F2N3O. The van der Waals surface area contributed by atoms with Crippen LogP contribution >= 0.6 is 0 Å². The fourth-order valence-corrected chi connectivity index (χ4v) is 1.42. The average molecular weight is 231 g/mol. The van der Waals surface area contributed by atoms with E-state index in [4.69, 9.17) is 0 Å². The number of rotatable bonds is 5. The number of aromatic nitrogens is 2. The molecule has 0 aliphatic carbocycles. The molecule has 0 radical (unpaired) electrons. The Morgan fingerprint density at radius 1 is 1.56 bits per heavy atom. The van der Waals surface area contributed by atoms with Crippen LogP contribution in [0.3, 0.4) is 0 Å². The fraction of sp³-hybridized carbons (Fsp3) is 0.600. The van der Waals surface area contributed by atoms with Gasteiger partial charge >= 0.3 is 6.43 Å². The van der Waals surface area contributed by atoms with Crippen molar-refractivity contribution in [3.05, 3.63) is 17.5 Å². The van der Waals surface area contributed by atoms with Gasteiger partial charge in [-0.25, -0.2) is 0 Å². The predicted molar refractivity (Wildman–Crippen MR) is 55.3 cm³/mol. The fourth-order valence-electron chi connectivity index (χ4n) is 1.42. The molecule has 90 valence electrons. The summed E-state index contributed by atoms with van der Waals surface area (Å²) in [6.45, 7) is 4.67. The zero-order chi connectivity index (χ0) is 12.1. The van der Waals surface area contributed by atoms with Gasteiger partial charge in [0.05, 0.1) is 5.69 Å². The van der Waals surface area contributed by atoms with E-state index in [2.05, 4.69) is 10.4 Å². The first-order valence-electron chi connectivity index (χ1n) is 5.07. The quantitative estimate of drug-likeness (QED) is 0.776. The van der Waals surface area contributed by atoms with Crippen molar-refractivity contribution in [3.63, 3.8) is 0 Å². The van der Waals surface area contributed by atoms with Crippen LogP contribution in [0.5, 0.6) is 0 Å². The van der Waals surface area contributed by atoms with E-state index in [-0.39, 0.29) is 6.54 Å². The smallest absolute Gasteiger partial charge is 0.315 e. The van der Waals surface area contributed by atoms with Crippen molar-refractivity contribution >= 4 is 5.91 Å². The van der Waals surface area contributed by atoms with Gasteiger partial charge in [-0.2, -0.15) is 13.9 Å². The first kappa shape index (κ1) is 12.6. The lowest BCUT2D eigenvalue weighted by Gasteiger charge is -2.05. The first-order chi connectivity index (χ1) is 7.50. The van der Waals surface area contributed by atoms with E-state index in [1.54, 1.807) is 4.68 Å². The van der Waals surface area contributed by atoms with Crippen LogP contribution in [-0.2, 0) is 11.3 Å². The summed E-state index contributed by atoms with van der Waals surface area (Å²) in [5, 5.41) is 6.37. The highest BCUT2D eigenvalue weighted by molar-refractivity contribution is 5.78. The lowest BCUT2D eigenvalue weighted by Crippen LogP contribution is -2.30. The molecule has 1 aromatic heterocycles. The van der Waals surface area contributed by atoms with Gasteiger partial charge in [0.1, 0.15) is 0 Å². The number of hydrogen-bond acceptors (Lipinski definition) is 2. The summed E-state index contributed by atoms with van der Waals surface area (Å²) in [6, 6.07) is 1.94. The van der Waals surface area contributed by atoms with E-state index in [9.17, 15) is 13.6 Å². The van der Waals surface area contributed by atoms with E-state index < -0.39 is 12.3 Å². The van der Waals surface area contributed by atoms with Gasteiger partial charge in [-0.15, -0.1) is 0 Å². The Balaban J connectivity index is 2.26. The molecule has 0 fully saturated rings. The number of nitrogens with zero attached hydrogens (tertiary/aromatic N) is 2. The summed E-state index contributed by atoms with van der Waals surface area (Å²) in [5.74, 6) is -1.21. The number of alkyl halides is 2. The third-order valence-electron chi connectivity index (χ3n) is 2.15. The Kier molecular flexibility index (Phi) is 4.39. The Labute approximate surface area is 92.6 Å². The highest BCUT2D eigenvalue weighted by Gasteiger charge is 2.13. The van der Waals surface area contributed by atoms with Crippen LogP contribution in [0.2, 0.25) is 0 Å². The van der Waals surface area contributed by atoms with Crippen LogP contribution in [-0.4, -0.2) is 28.7 Å². The summed E-state index contributed by atoms with van der Waals surface area (Å²) in [7, 11) is 0. The molecule has 0 saturated carbocycles. The molecule has 1 amide bonds. The van der Waals surface area contributed by atoms with Crippen LogP contribution < -0.4 is 5.32 Å². The minimum absolute atomic E-state index is 0.238. The number of hydrogen-bond donors (Lipinski definition) is 1. The Hall–Kier alpha value is -1.46. The van der Waals surface area contributed by atoms with Crippen molar-refractivity contribution in [2.75, 3.05) is 6.54 Å². The molecule has 0 atom stereocenters. The molecule has 0 aliphatic rings. The molecule has 0 unspecified atom stereocenters. The highest BCUT2D eigenvalue weighted by Crippen LogP contribution is 2.02.